The molecule has 0 radical (unpaired) electrons. The number of hydrogen-bond acceptors (Lipinski definition) is 5. The van der Waals surface area contributed by atoms with E-state index in [4.69, 9.17) is 4.74 Å². The number of nitrogens with zero attached hydrogens (tertiary/aromatic N) is 2. The summed E-state index contributed by atoms with van der Waals surface area (Å²) < 4.78 is 5.26. The summed E-state index contributed by atoms with van der Waals surface area (Å²) in [6.07, 6.45) is -0.714. The van der Waals surface area contributed by atoms with Crippen LogP contribution in [0.5, 0.6) is 5.75 Å². The van der Waals surface area contributed by atoms with E-state index in [1.165, 1.54) is 0 Å². The quantitative estimate of drug-likeness (QED) is 0.619. The topological polar surface area (TPSA) is 67.6 Å². The Kier molecular flexibility index (Phi) is 3.43. The predicted octanol–water partition coefficient (Wildman–Crippen LogP) is 0.708. The van der Waals surface area contributed by atoms with Crippen molar-refractivity contribution in [2.75, 3.05) is 31.6 Å². The first-order valence-electron chi connectivity index (χ1n) is 5.47. The summed E-state index contributed by atoms with van der Waals surface area (Å²) in [5.41, 5.74) is 0.906. The first kappa shape index (κ1) is 11.7. The van der Waals surface area contributed by atoms with Crippen molar-refractivity contribution in [3.63, 3.8) is 0 Å². The first-order chi connectivity index (χ1) is 8.22. The van der Waals surface area contributed by atoms with Crippen molar-refractivity contribution in [2.45, 2.75) is 6.17 Å². The van der Waals surface area contributed by atoms with E-state index in [1.807, 2.05) is 29.2 Å². The lowest BCUT2D eigenvalue weighted by atomic mass is 10.2. The van der Waals surface area contributed by atoms with Crippen LogP contribution in [-0.4, -0.2) is 37.8 Å². The molecule has 1 aromatic carbocycles. The van der Waals surface area contributed by atoms with Gasteiger partial charge in [0.25, 0.3) is 6.17 Å². The monoisotopic (exact) mass is 237 g/mol. The maximum atomic E-state index is 10.8. The van der Waals surface area contributed by atoms with Crippen LogP contribution in [0.4, 0.5) is 5.69 Å². The van der Waals surface area contributed by atoms with E-state index < -0.39 is 6.17 Å². The van der Waals surface area contributed by atoms with Gasteiger partial charge in [-0.05, 0) is 12.1 Å². The number of anilines is 1. The fourth-order valence-electron chi connectivity index (χ4n) is 1.98. The minimum atomic E-state index is -0.714. The van der Waals surface area contributed by atoms with Crippen LogP contribution in [0.15, 0.2) is 24.3 Å². The highest BCUT2D eigenvalue weighted by Crippen LogP contribution is 2.28. The summed E-state index contributed by atoms with van der Waals surface area (Å²) >= 11 is 0. The van der Waals surface area contributed by atoms with Gasteiger partial charge in [-0.2, -0.15) is 0 Å². The Morgan fingerprint density at radius 1 is 1.53 bits per heavy atom. The van der Waals surface area contributed by atoms with E-state index in [9.17, 15) is 10.1 Å². The molecule has 1 aliphatic rings. The molecule has 1 aliphatic heterocycles. The van der Waals surface area contributed by atoms with E-state index in [-0.39, 0.29) is 4.92 Å². The lowest BCUT2D eigenvalue weighted by Crippen LogP contribution is -2.54. The van der Waals surface area contributed by atoms with Crippen LogP contribution in [0.3, 0.4) is 0 Å². The third kappa shape index (κ3) is 2.47. The Labute approximate surface area is 99.3 Å². The molecule has 1 atom stereocenters. The first-order valence-corrected chi connectivity index (χ1v) is 5.47. The second kappa shape index (κ2) is 5.01. The Balaban J connectivity index is 2.18. The highest BCUT2D eigenvalue weighted by molar-refractivity contribution is 5.58. The Bertz CT molecular complexity index is 411. The Morgan fingerprint density at radius 3 is 3.00 bits per heavy atom. The summed E-state index contributed by atoms with van der Waals surface area (Å²) in [6, 6.07) is 7.57. The normalized spacial score (nSPS) is 20.1. The van der Waals surface area contributed by atoms with Gasteiger partial charge < -0.3 is 9.64 Å². The minimum absolute atomic E-state index is 0.290. The molecule has 0 amide bonds. The Hall–Kier alpha value is -1.82. The fourth-order valence-corrected chi connectivity index (χ4v) is 1.98. The zero-order chi connectivity index (χ0) is 12.3. The highest BCUT2D eigenvalue weighted by Gasteiger charge is 2.28. The van der Waals surface area contributed by atoms with Crippen molar-refractivity contribution < 1.29 is 9.66 Å². The van der Waals surface area contributed by atoms with Crippen molar-refractivity contribution in [3.05, 3.63) is 34.4 Å². The number of hydrogen-bond donors (Lipinski definition) is 1. The average molecular weight is 237 g/mol. The molecule has 1 saturated heterocycles. The van der Waals surface area contributed by atoms with Crippen molar-refractivity contribution in [2.24, 2.45) is 0 Å². The molecule has 1 fully saturated rings. The molecule has 0 aliphatic carbocycles. The molecule has 6 nitrogen and oxygen atoms in total. The SMILES string of the molecule is COc1ccccc1N1CCNC([N+](=O)[O-])C1. The minimum Gasteiger partial charge on any atom is -0.495 e. The van der Waals surface area contributed by atoms with Gasteiger partial charge >= 0.3 is 0 Å². The molecule has 0 aromatic heterocycles. The van der Waals surface area contributed by atoms with Gasteiger partial charge in [-0.15, -0.1) is 0 Å². The number of rotatable bonds is 3. The maximum Gasteiger partial charge on any atom is 0.283 e. The summed E-state index contributed by atoms with van der Waals surface area (Å²) in [4.78, 5) is 12.5. The second-order valence-corrected chi connectivity index (χ2v) is 3.87. The van der Waals surface area contributed by atoms with Crippen molar-refractivity contribution in [1.82, 2.24) is 5.32 Å². The summed E-state index contributed by atoms with van der Waals surface area (Å²) in [5, 5.41) is 13.6. The molecule has 17 heavy (non-hydrogen) atoms. The van der Waals surface area contributed by atoms with Crippen LogP contribution in [0.25, 0.3) is 0 Å². The van der Waals surface area contributed by atoms with Crippen LogP contribution in [0.2, 0.25) is 0 Å². The molecule has 1 heterocycles. The molecule has 0 bridgehead atoms. The van der Waals surface area contributed by atoms with E-state index >= 15 is 0 Å². The zero-order valence-corrected chi connectivity index (χ0v) is 9.63. The van der Waals surface area contributed by atoms with E-state index in [0.29, 0.717) is 13.1 Å². The van der Waals surface area contributed by atoms with Crippen LogP contribution >= 0.6 is 0 Å². The fraction of sp³-hybridized carbons (Fsp3) is 0.455. The van der Waals surface area contributed by atoms with Gasteiger partial charge in [0.05, 0.1) is 12.8 Å². The van der Waals surface area contributed by atoms with Gasteiger partial charge in [0.2, 0.25) is 0 Å². The molecule has 1 aromatic rings. The molecule has 0 saturated carbocycles. The number of para-hydroxylation sites is 2. The molecule has 1 N–H and O–H groups in total. The van der Waals surface area contributed by atoms with Crippen LogP contribution in [0, 0.1) is 10.1 Å². The smallest absolute Gasteiger partial charge is 0.283 e. The summed E-state index contributed by atoms with van der Waals surface area (Å²) in [5.74, 6) is 0.747. The van der Waals surface area contributed by atoms with Gasteiger partial charge in [-0.25, -0.2) is 0 Å². The largest absolute Gasteiger partial charge is 0.495 e. The number of nitro groups is 1. The van der Waals surface area contributed by atoms with E-state index in [0.717, 1.165) is 18.0 Å². The van der Waals surface area contributed by atoms with Gasteiger partial charge in [0.15, 0.2) is 0 Å². The van der Waals surface area contributed by atoms with Gasteiger partial charge in [-0.1, -0.05) is 12.1 Å². The van der Waals surface area contributed by atoms with E-state index in [1.54, 1.807) is 7.11 Å². The highest BCUT2D eigenvalue weighted by atomic mass is 16.6. The number of piperazine rings is 1. The lowest BCUT2D eigenvalue weighted by Gasteiger charge is -2.31. The average Bonchev–Trinajstić information content (AvgIpc) is 2.39. The number of ether oxygens (including phenoxy) is 1. The van der Waals surface area contributed by atoms with Gasteiger partial charge in [0.1, 0.15) is 12.3 Å². The zero-order valence-electron chi connectivity index (χ0n) is 9.63. The number of nitrogens with one attached hydrogen (secondary N) is 1. The lowest BCUT2D eigenvalue weighted by molar-refractivity contribution is -0.527. The van der Waals surface area contributed by atoms with Crippen molar-refractivity contribution in [3.8, 4) is 5.75 Å². The Morgan fingerprint density at radius 2 is 2.29 bits per heavy atom. The molecule has 0 spiro atoms. The second-order valence-electron chi connectivity index (χ2n) is 3.87. The van der Waals surface area contributed by atoms with Crippen molar-refractivity contribution >= 4 is 5.69 Å². The molecule has 1 unspecified atom stereocenters. The van der Waals surface area contributed by atoms with Crippen LogP contribution < -0.4 is 15.0 Å². The number of methoxy groups -OCH3 is 1. The molecule has 92 valence electrons. The third-order valence-electron chi connectivity index (χ3n) is 2.84. The molecular weight excluding hydrogens is 222 g/mol. The van der Waals surface area contributed by atoms with Crippen molar-refractivity contribution in [1.29, 1.82) is 0 Å². The van der Waals surface area contributed by atoms with Crippen LogP contribution in [0.1, 0.15) is 0 Å². The number of benzene rings is 1. The molecule has 6 heteroatoms. The summed E-state index contributed by atoms with van der Waals surface area (Å²) in [7, 11) is 1.60. The van der Waals surface area contributed by atoms with Gasteiger partial charge in [-0.3, -0.25) is 15.4 Å². The summed E-state index contributed by atoms with van der Waals surface area (Å²) in [6.45, 7) is 1.70. The maximum absolute atomic E-state index is 10.8. The molecular formula is C11H15N3O3. The predicted molar refractivity (Wildman–Crippen MR) is 64.0 cm³/mol. The molecule has 2 rings (SSSR count). The van der Waals surface area contributed by atoms with E-state index in [2.05, 4.69) is 5.32 Å². The standard InChI is InChI=1S/C11H15N3O3/c1-17-10-5-3-2-4-9(10)13-7-6-12-11(8-13)14(15)16/h2-5,11-12H,6-8H2,1H3. The third-order valence-corrected chi connectivity index (χ3v) is 2.84. The van der Waals surface area contributed by atoms with Gasteiger partial charge in [0, 0.05) is 18.0 Å². The van der Waals surface area contributed by atoms with Crippen LogP contribution in [-0.2, 0) is 0 Å².